The molecule has 0 unspecified atom stereocenters. The molecule has 0 aliphatic rings. The van der Waals surface area contributed by atoms with Gasteiger partial charge in [-0.1, -0.05) is 30.3 Å². The van der Waals surface area contributed by atoms with Crippen LogP contribution in [0.3, 0.4) is 0 Å². The fourth-order valence-corrected chi connectivity index (χ4v) is 4.05. The number of ether oxygens (including phenoxy) is 1. The molecule has 0 bridgehead atoms. The predicted molar refractivity (Wildman–Crippen MR) is 123 cm³/mol. The van der Waals surface area contributed by atoms with Gasteiger partial charge in [-0.3, -0.25) is 4.79 Å². The molecule has 0 fully saturated rings. The number of anilines is 1. The van der Waals surface area contributed by atoms with Gasteiger partial charge >= 0.3 is 0 Å². The summed E-state index contributed by atoms with van der Waals surface area (Å²) in [5.74, 6) is 0.321. The minimum absolute atomic E-state index is 0.193. The first kappa shape index (κ1) is 23.0. The Hall–Kier alpha value is -3.63. The van der Waals surface area contributed by atoms with E-state index in [1.54, 1.807) is 32.0 Å². The first-order valence-corrected chi connectivity index (χ1v) is 11.7. The highest BCUT2D eigenvalue weighted by Gasteiger charge is 2.19. The van der Waals surface area contributed by atoms with Crippen LogP contribution in [0, 0.1) is 11.3 Å². The van der Waals surface area contributed by atoms with E-state index in [0.29, 0.717) is 23.4 Å². The minimum atomic E-state index is -3.39. The second-order valence-electron chi connectivity index (χ2n) is 7.50. The fourth-order valence-electron chi connectivity index (χ4n) is 2.99. The van der Waals surface area contributed by atoms with Crippen molar-refractivity contribution < 1.29 is 17.9 Å². The van der Waals surface area contributed by atoms with Gasteiger partial charge < -0.3 is 10.1 Å². The molecule has 7 heteroatoms. The van der Waals surface area contributed by atoms with Crippen molar-refractivity contribution in [3.05, 3.63) is 89.5 Å². The van der Waals surface area contributed by atoms with E-state index in [4.69, 9.17) is 10.00 Å². The third-order valence-corrected chi connectivity index (χ3v) is 7.10. The van der Waals surface area contributed by atoms with Gasteiger partial charge in [0.25, 0.3) is 5.91 Å². The van der Waals surface area contributed by atoms with Crippen molar-refractivity contribution >= 4 is 21.4 Å². The minimum Gasteiger partial charge on any atom is -0.489 e. The maximum Gasteiger partial charge on any atom is 0.255 e. The third kappa shape index (κ3) is 5.54. The van der Waals surface area contributed by atoms with Crippen molar-refractivity contribution in [2.75, 3.05) is 5.32 Å². The van der Waals surface area contributed by atoms with Gasteiger partial charge in [0.1, 0.15) is 12.4 Å². The first-order chi connectivity index (χ1) is 15.3. The van der Waals surface area contributed by atoms with Crippen LogP contribution in [0.1, 0.15) is 35.3 Å². The Labute approximate surface area is 188 Å². The third-order valence-electron chi connectivity index (χ3n) is 4.93. The maximum absolute atomic E-state index is 12.7. The van der Waals surface area contributed by atoms with E-state index >= 15 is 0 Å². The lowest BCUT2D eigenvalue weighted by Gasteiger charge is -2.13. The number of hydrogen-bond donors (Lipinski definition) is 1. The van der Waals surface area contributed by atoms with Crippen LogP contribution >= 0.6 is 0 Å². The van der Waals surface area contributed by atoms with Gasteiger partial charge in [0.15, 0.2) is 9.84 Å². The summed E-state index contributed by atoms with van der Waals surface area (Å²) in [5, 5.41) is 11.1. The maximum atomic E-state index is 12.7. The van der Waals surface area contributed by atoms with Gasteiger partial charge in [-0.2, -0.15) is 5.26 Å². The topological polar surface area (TPSA) is 96.3 Å². The van der Waals surface area contributed by atoms with Crippen LogP contribution in [0.4, 0.5) is 5.69 Å². The van der Waals surface area contributed by atoms with E-state index in [1.165, 1.54) is 24.3 Å². The van der Waals surface area contributed by atoms with E-state index < -0.39 is 15.1 Å². The van der Waals surface area contributed by atoms with Crippen LogP contribution in [0.25, 0.3) is 0 Å². The number of benzene rings is 3. The van der Waals surface area contributed by atoms with Crippen molar-refractivity contribution in [1.29, 1.82) is 5.26 Å². The Kier molecular flexibility index (Phi) is 7.29. The summed E-state index contributed by atoms with van der Waals surface area (Å²) in [7, 11) is -3.39. The van der Waals surface area contributed by atoms with Crippen LogP contribution < -0.4 is 10.1 Å². The van der Waals surface area contributed by atoms with Gasteiger partial charge in [-0.15, -0.1) is 0 Å². The molecular weight excluding hydrogens is 424 g/mol. The molecule has 0 spiro atoms. The molecule has 0 aliphatic heterocycles. The van der Waals surface area contributed by atoms with Crippen LogP contribution in [0.2, 0.25) is 0 Å². The molecule has 0 saturated heterocycles. The molecule has 0 saturated carbocycles. The lowest BCUT2D eigenvalue weighted by atomic mass is 10.1. The average Bonchev–Trinajstić information content (AvgIpc) is 2.79. The standard InChI is InChI=1S/C25H24N2O4S/c1-18(2)32(29,30)23-13-9-20(10-14-23)25(28)27-24-6-4-3-5-21(24)17-31-22-11-7-19(8-12-22)15-16-26/h3-14,18H,15,17H2,1-2H3,(H,27,28). The molecule has 3 aromatic rings. The molecular formula is C25H24N2O4S. The highest BCUT2D eigenvalue weighted by atomic mass is 32.2. The number of amides is 1. The van der Waals surface area contributed by atoms with Crippen LogP contribution in [0.15, 0.2) is 77.7 Å². The van der Waals surface area contributed by atoms with Crippen molar-refractivity contribution in [1.82, 2.24) is 0 Å². The number of para-hydroxylation sites is 1. The summed E-state index contributed by atoms with van der Waals surface area (Å²) in [6, 6.07) is 22.6. The number of rotatable bonds is 8. The van der Waals surface area contributed by atoms with Crippen molar-refractivity contribution in [3.8, 4) is 11.8 Å². The normalized spacial score (nSPS) is 11.1. The molecule has 32 heavy (non-hydrogen) atoms. The molecule has 0 heterocycles. The molecule has 0 atom stereocenters. The van der Waals surface area contributed by atoms with Crippen LogP contribution in [0.5, 0.6) is 5.75 Å². The number of carbonyl (C=O) groups is 1. The van der Waals surface area contributed by atoms with Gasteiger partial charge in [0.2, 0.25) is 0 Å². The van der Waals surface area contributed by atoms with E-state index in [1.807, 2.05) is 30.3 Å². The second kappa shape index (κ2) is 10.1. The molecule has 1 N–H and O–H groups in total. The largest absolute Gasteiger partial charge is 0.489 e. The van der Waals surface area contributed by atoms with Gasteiger partial charge in [0, 0.05) is 16.8 Å². The van der Waals surface area contributed by atoms with Gasteiger partial charge in [-0.25, -0.2) is 8.42 Å². The van der Waals surface area contributed by atoms with Crippen LogP contribution in [-0.4, -0.2) is 19.6 Å². The molecule has 0 aliphatic carbocycles. The highest BCUT2D eigenvalue weighted by molar-refractivity contribution is 7.92. The first-order valence-electron chi connectivity index (χ1n) is 10.1. The van der Waals surface area contributed by atoms with Crippen LogP contribution in [-0.2, 0) is 22.9 Å². The lowest BCUT2D eigenvalue weighted by Crippen LogP contribution is -2.16. The summed E-state index contributed by atoms with van der Waals surface area (Å²) >= 11 is 0. The Bertz CT molecular complexity index is 1230. The van der Waals surface area contributed by atoms with Gasteiger partial charge in [0.05, 0.1) is 22.6 Å². The number of carbonyl (C=O) groups excluding carboxylic acids is 1. The number of nitrogens with one attached hydrogen (secondary N) is 1. The SMILES string of the molecule is CC(C)S(=O)(=O)c1ccc(C(=O)Nc2ccccc2COc2ccc(CC#N)cc2)cc1. The van der Waals surface area contributed by atoms with Crippen molar-refractivity contribution in [3.63, 3.8) is 0 Å². The molecule has 1 amide bonds. The molecule has 0 aromatic heterocycles. The Morgan fingerprint density at radius 3 is 2.28 bits per heavy atom. The molecule has 0 radical (unpaired) electrons. The quantitative estimate of drug-likeness (QED) is 0.536. The second-order valence-corrected chi connectivity index (χ2v) is 10.0. The zero-order valence-electron chi connectivity index (χ0n) is 17.9. The highest BCUT2D eigenvalue weighted by Crippen LogP contribution is 2.21. The Morgan fingerprint density at radius 2 is 1.66 bits per heavy atom. The van der Waals surface area contributed by atoms with E-state index in [-0.39, 0.29) is 17.4 Å². The zero-order valence-corrected chi connectivity index (χ0v) is 18.7. The molecule has 3 aromatic carbocycles. The molecule has 6 nitrogen and oxygen atoms in total. The van der Waals surface area contributed by atoms with E-state index in [2.05, 4.69) is 11.4 Å². The summed E-state index contributed by atoms with van der Waals surface area (Å²) in [6.07, 6.45) is 0.347. The lowest BCUT2D eigenvalue weighted by molar-refractivity contribution is 0.102. The predicted octanol–water partition coefficient (Wildman–Crippen LogP) is 4.77. The zero-order chi connectivity index (χ0) is 23.1. The molecule has 164 valence electrons. The monoisotopic (exact) mass is 448 g/mol. The summed E-state index contributed by atoms with van der Waals surface area (Å²) in [4.78, 5) is 12.9. The van der Waals surface area contributed by atoms with Crippen molar-refractivity contribution in [2.24, 2.45) is 0 Å². The molecule has 3 rings (SSSR count). The van der Waals surface area contributed by atoms with Gasteiger partial charge in [-0.05, 0) is 61.9 Å². The average molecular weight is 449 g/mol. The Balaban J connectivity index is 1.69. The number of hydrogen-bond acceptors (Lipinski definition) is 5. The van der Waals surface area contributed by atoms with Crippen molar-refractivity contribution in [2.45, 2.75) is 37.0 Å². The number of sulfone groups is 1. The van der Waals surface area contributed by atoms with E-state index in [9.17, 15) is 13.2 Å². The summed E-state index contributed by atoms with van der Waals surface area (Å²) < 4.78 is 30.3. The number of nitrogens with zero attached hydrogens (tertiary/aromatic N) is 1. The fraction of sp³-hybridized carbons (Fsp3) is 0.200. The number of nitriles is 1. The summed E-state index contributed by atoms with van der Waals surface area (Å²) in [5.41, 5.74) is 2.68. The van der Waals surface area contributed by atoms with E-state index in [0.717, 1.165) is 11.1 Å². The summed E-state index contributed by atoms with van der Waals surface area (Å²) in [6.45, 7) is 3.49. The smallest absolute Gasteiger partial charge is 0.255 e. The Morgan fingerprint density at radius 1 is 1.00 bits per heavy atom.